The number of nitrogens with one attached hydrogen (secondary N) is 1. The van der Waals surface area contributed by atoms with Crippen LogP contribution in [0.25, 0.3) is 11.3 Å². The van der Waals surface area contributed by atoms with Crippen molar-refractivity contribution in [2.75, 3.05) is 5.32 Å². The van der Waals surface area contributed by atoms with Gasteiger partial charge in [-0.1, -0.05) is 18.5 Å². The Morgan fingerprint density at radius 2 is 1.83 bits per heavy atom. The van der Waals surface area contributed by atoms with Crippen molar-refractivity contribution in [2.45, 2.75) is 25.4 Å². The summed E-state index contributed by atoms with van der Waals surface area (Å²) in [5.74, 6) is -1.55. The highest BCUT2D eigenvalue weighted by Crippen LogP contribution is 2.35. The molecule has 0 saturated heterocycles. The number of halogens is 4. The van der Waals surface area contributed by atoms with Crippen LogP contribution >= 0.6 is 22.9 Å². The standard InChI is InChI=1S/C23H16ClF3N6O2S/c1-12(6-18(34)17-8-16(31-11-32-17)13-2-4-28-5-3-13)22-30-10-19(36-22)21(35)33-20-7-14(23(25,26)27)15(24)9-29-20/h2-5,7-12H,6H2,1H3,(H,29,33,35). The van der Waals surface area contributed by atoms with Crippen LogP contribution in [0.4, 0.5) is 19.0 Å². The van der Waals surface area contributed by atoms with E-state index in [2.05, 4.69) is 30.2 Å². The van der Waals surface area contributed by atoms with E-state index in [0.29, 0.717) is 16.8 Å². The molecule has 4 heterocycles. The van der Waals surface area contributed by atoms with Crippen LogP contribution < -0.4 is 5.32 Å². The number of alkyl halides is 3. The van der Waals surface area contributed by atoms with Crippen molar-refractivity contribution in [1.82, 2.24) is 24.9 Å². The highest BCUT2D eigenvalue weighted by atomic mass is 35.5. The number of thiazole rings is 1. The molecule has 0 aromatic carbocycles. The number of carbonyl (C=O) groups is 2. The number of pyridine rings is 2. The first-order valence-corrected chi connectivity index (χ1v) is 11.6. The first-order valence-electron chi connectivity index (χ1n) is 10.4. The predicted octanol–water partition coefficient (Wildman–Crippen LogP) is 5.69. The van der Waals surface area contributed by atoms with Crippen LogP contribution in [0, 0.1) is 0 Å². The zero-order chi connectivity index (χ0) is 25.9. The van der Waals surface area contributed by atoms with E-state index in [1.54, 1.807) is 37.5 Å². The van der Waals surface area contributed by atoms with E-state index < -0.39 is 22.7 Å². The monoisotopic (exact) mass is 532 g/mol. The third-order valence-corrected chi connectivity index (χ3v) is 6.52. The predicted molar refractivity (Wildman–Crippen MR) is 127 cm³/mol. The maximum atomic E-state index is 13.0. The molecular formula is C23H16ClF3N6O2S. The van der Waals surface area contributed by atoms with Gasteiger partial charge in [0.2, 0.25) is 0 Å². The minimum absolute atomic E-state index is 0.0784. The molecule has 4 rings (SSSR count). The molecule has 0 spiro atoms. The van der Waals surface area contributed by atoms with Crippen molar-refractivity contribution < 1.29 is 22.8 Å². The van der Waals surface area contributed by atoms with Gasteiger partial charge < -0.3 is 5.32 Å². The molecule has 0 radical (unpaired) electrons. The van der Waals surface area contributed by atoms with Gasteiger partial charge in [-0.25, -0.2) is 19.9 Å². The minimum Gasteiger partial charge on any atom is -0.306 e. The summed E-state index contributed by atoms with van der Waals surface area (Å²) in [4.78, 5) is 45.6. The summed E-state index contributed by atoms with van der Waals surface area (Å²) in [6, 6.07) is 5.79. The van der Waals surface area contributed by atoms with Crippen LogP contribution in [0.1, 0.15) is 50.0 Å². The lowest BCUT2D eigenvalue weighted by atomic mass is 10.0. The molecule has 184 valence electrons. The van der Waals surface area contributed by atoms with Crippen molar-refractivity contribution in [1.29, 1.82) is 0 Å². The molecule has 36 heavy (non-hydrogen) atoms. The largest absolute Gasteiger partial charge is 0.418 e. The van der Waals surface area contributed by atoms with Gasteiger partial charge in [0.15, 0.2) is 5.78 Å². The lowest BCUT2D eigenvalue weighted by molar-refractivity contribution is -0.137. The van der Waals surface area contributed by atoms with Crippen molar-refractivity contribution in [3.05, 3.63) is 81.5 Å². The van der Waals surface area contributed by atoms with Gasteiger partial charge in [-0.05, 0) is 24.3 Å². The van der Waals surface area contributed by atoms with Crippen LogP contribution in [-0.2, 0) is 6.18 Å². The van der Waals surface area contributed by atoms with Crippen LogP contribution in [0.2, 0.25) is 5.02 Å². The molecule has 0 aliphatic rings. The summed E-state index contributed by atoms with van der Waals surface area (Å²) in [6.45, 7) is 1.78. The lowest BCUT2D eigenvalue weighted by Gasteiger charge is -2.10. The van der Waals surface area contributed by atoms with Gasteiger partial charge in [-0.15, -0.1) is 11.3 Å². The Labute approximate surface area is 211 Å². The number of carbonyl (C=O) groups excluding carboxylic acids is 2. The van der Waals surface area contributed by atoms with Gasteiger partial charge in [-0.3, -0.25) is 14.6 Å². The third kappa shape index (κ3) is 5.89. The average Bonchev–Trinajstić information content (AvgIpc) is 3.36. The number of nitrogens with zero attached hydrogens (tertiary/aromatic N) is 5. The zero-order valence-electron chi connectivity index (χ0n) is 18.5. The molecule has 1 amide bonds. The van der Waals surface area contributed by atoms with Crippen molar-refractivity contribution >= 4 is 40.4 Å². The fourth-order valence-corrected chi connectivity index (χ4v) is 4.26. The Kier molecular flexibility index (Phi) is 7.36. The van der Waals surface area contributed by atoms with Gasteiger partial charge in [0.1, 0.15) is 22.7 Å². The number of hydrogen-bond acceptors (Lipinski definition) is 8. The fraction of sp³-hybridized carbons (Fsp3) is 0.174. The molecule has 1 N–H and O–H groups in total. The summed E-state index contributed by atoms with van der Waals surface area (Å²) < 4.78 is 39.1. The summed E-state index contributed by atoms with van der Waals surface area (Å²) in [5, 5.41) is 2.25. The van der Waals surface area contributed by atoms with Gasteiger partial charge >= 0.3 is 6.18 Å². The molecule has 4 aromatic rings. The molecule has 8 nitrogen and oxygen atoms in total. The molecule has 0 bridgehead atoms. The Morgan fingerprint density at radius 3 is 2.56 bits per heavy atom. The third-order valence-electron chi connectivity index (χ3n) is 4.99. The average molecular weight is 533 g/mol. The Hall–Kier alpha value is -3.77. The summed E-state index contributed by atoms with van der Waals surface area (Å²) >= 11 is 6.58. The van der Waals surface area contributed by atoms with Crippen molar-refractivity contribution in [3.8, 4) is 11.3 Å². The molecule has 13 heteroatoms. The Bertz CT molecular complexity index is 1410. The summed E-state index contributed by atoms with van der Waals surface area (Å²) in [7, 11) is 0. The number of hydrogen-bond donors (Lipinski definition) is 1. The molecule has 0 aliphatic heterocycles. The second-order valence-corrected chi connectivity index (χ2v) is 9.09. The van der Waals surface area contributed by atoms with Gasteiger partial charge in [0, 0.05) is 36.5 Å². The van der Waals surface area contributed by atoms with E-state index in [0.717, 1.165) is 23.1 Å². The van der Waals surface area contributed by atoms with Gasteiger partial charge in [-0.2, -0.15) is 13.2 Å². The van der Waals surface area contributed by atoms with Crippen LogP contribution in [-0.4, -0.2) is 36.6 Å². The Balaban J connectivity index is 1.43. The number of rotatable bonds is 7. The normalized spacial score (nSPS) is 12.2. The second-order valence-electron chi connectivity index (χ2n) is 7.62. The molecule has 4 aromatic heterocycles. The lowest BCUT2D eigenvalue weighted by Crippen LogP contribution is -2.13. The molecule has 0 saturated carbocycles. The molecule has 0 fully saturated rings. The number of amides is 1. The number of aromatic nitrogens is 5. The highest BCUT2D eigenvalue weighted by Gasteiger charge is 2.34. The van der Waals surface area contributed by atoms with E-state index in [4.69, 9.17) is 11.6 Å². The SMILES string of the molecule is CC(CC(=O)c1cc(-c2ccncc2)ncn1)c1ncc(C(=O)Nc2cc(C(F)(F)F)c(Cl)cn2)s1. The van der Waals surface area contributed by atoms with E-state index in [9.17, 15) is 22.8 Å². The topological polar surface area (TPSA) is 111 Å². The Morgan fingerprint density at radius 1 is 1.08 bits per heavy atom. The molecule has 1 atom stereocenters. The van der Waals surface area contributed by atoms with Crippen LogP contribution in [0.15, 0.2) is 55.4 Å². The summed E-state index contributed by atoms with van der Waals surface area (Å²) in [6.07, 6.45) is 2.05. The molecular weight excluding hydrogens is 517 g/mol. The summed E-state index contributed by atoms with van der Waals surface area (Å²) in [5.41, 5.74) is 0.513. The number of ketones is 1. The van der Waals surface area contributed by atoms with Crippen molar-refractivity contribution in [3.63, 3.8) is 0 Å². The quantitative estimate of drug-likeness (QED) is 0.304. The smallest absolute Gasteiger partial charge is 0.306 e. The zero-order valence-corrected chi connectivity index (χ0v) is 20.0. The second kappa shape index (κ2) is 10.5. The maximum Gasteiger partial charge on any atom is 0.418 e. The van der Waals surface area contributed by atoms with E-state index in [-0.39, 0.29) is 34.5 Å². The maximum absolute atomic E-state index is 13.0. The molecule has 0 aliphatic carbocycles. The van der Waals surface area contributed by atoms with E-state index >= 15 is 0 Å². The molecule has 1 unspecified atom stereocenters. The van der Waals surface area contributed by atoms with Crippen molar-refractivity contribution in [2.24, 2.45) is 0 Å². The number of Topliss-reactive ketones (excluding diaryl/α,β-unsaturated/α-hetero) is 1. The van der Waals surface area contributed by atoms with Crippen LogP contribution in [0.5, 0.6) is 0 Å². The highest BCUT2D eigenvalue weighted by molar-refractivity contribution is 7.13. The van der Waals surface area contributed by atoms with Crippen LogP contribution in [0.3, 0.4) is 0 Å². The fourth-order valence-electron chi connectivity index (χ4n) is 3.18. The minimum atomic E-state index is -4.69. The van der Waals surface area contributed by atoms with Gasteiger partial charge in [0.05, 0.1) is 27.5 Å². The van der Waals surface area contributed by atoms with Gasteiger partial charge in [0.25, 0.3) is 5.91 Å². The van der Waals surface area contributed by atoms with E-state index in [1.165, 1.54) is 12.5 Å². The number of anilines is 1. The van der Waals surface area contributed by atoms with E-state index in [1.807, 2.05) is 0 Å². The first kappa shape index (κ1) is 25.3. The first-order chi connectivity index (χ1) is 17.1.